The Morgan fingerprint density at radius 3 is 2.11 bits per heavy atom. The van der Waals surface area contributed by atoms with Crippen molar-refractivity contribution in [2.75, 3.05) is 27.2 Å². The molecule has 0 aliphatic heterocycles. The fourth-order valence-corrected chi connectivity index (χ4v) is 1.58. The normalized spacial score (nSPS) is 11.3. The van der Waals surface area contributed by atoms with Crippen LogP contribution in [0.1, 0.15) is 26.3 Å². The monoisotopic (exact) mass is 381 g/mol. The number of benzene rings is 1. The highest BCUT2D eigenvalue weighted by Crippen LogP contribution is 2.05. The third-order valence-electron chi connectivity index (χ3n) is 2.77. The summed E-state index contributed by atoms with van der Waals surface area (Å²) in [6.45, 7) is 7.10. The van der Waals surface area contributed by atoms with Gasteiger partial charge < -0.3 is 30.1 Å². The summed E-state index contributed by atoms with van der Waals surface area (Å²) in [5, 5.41) is 23.3. The Bertz CT molecular complexity index is 639. The molecule has 150 valence electrons. The van der Waals surface area contributed by atoms with Gasteiger partial charge >= 0.3 is 5.97 Å². The topological polar surface area (TPSA) is 133 Å². The van der Waals surface area contributed by atoms with Gasteiger partial charge in [0.25, 0.3) is 5.91 Å². The third-order valence-corrected chi connectivity index (χ3v) is 2.77. The van der Waals surface area contributed by atoms with Crippen molar-refractivity contribution in [3.8, 4) is 0 Å². The van der Waals surface area contributed by atoms with Crippen LogP contribution in [-0.4, -0.2) is 61.4 Å². The summed E-state index contributed by atoms with van der Waals surface area (Å²) in [5.74, 6) is -4.24. The molecule has 0 atom stereocenters. The number of rotatable bonds is 6. The number of nitrogens with one attached hydrogen (secondary N) is 2. The van der Waals surface area contributed by atoms with Gasteiger partial charge in [0.15, 0.2) is 18.3 Å². The standard InChI is InChI=1S/C16H25N3O2.C2H2O4/c1-16(2,3)17-15(20)14(13-9-7-6-8-10-13)18-21-12-11-19(4)5;3-1(4)2(5)6/h6-10H,11-12H2,1-5H3,(H,17,20);(H,3,4)(H,5,6)/b18-14+;. The summed E-state index contributed by atoms with van der Waals surface area (Å²) in [7, 11) is 4.08. The zero-order valence-electron chi connectivity index (χ0n) is 16.2. The van der Waals surface area contributed by atoms with Gasteiger partial charge in [0.1, 0.15) is 6.54 Å². The number of carboxylic acid groups (broad SMARTS) is 2. The molecule has 9 heteroatoms. The first-order valence-corrected chi connectivity index (χ1v) is 8.25. The van der Waals surface area contributed by atoms with E-state index in [0.717, 1.165) is 12.1 Å². The van der Waals surface area contributed by atoms with Crippen molar-refractivity contribution in [3.63, 3.8) is 0 Å². The van der Waals surface area contributed by atoms with Gasteiger partial charge in [0, 0.05) is 11.1 Å². The predicted molar refractivity (Wildman–Crippen MR) is 97.1 cm³/mol. The van der Waals surface area contributed by atoms with Gasteiger partial charge in [0.05, 0.1) is 14.1 Å². The molecule has 0 aliphatic rings. The molecule has 0 fully saturated rings. The number of likely N-dealkylation sites (N-methyl/N-ethyl adjacent to an activating group) is 1. The molecule has 27 heavy (non-hydrogen) atoms. The molecule has 0 aromatic heterocycles. The Balaban J connectivity index is 0.000000972. The Labute approximate surface area is 158 Å². The Kier molecular flexibility index (Phi) is 10.4. The number of hydrogen-bond donors (Lipinski definition) is 3. The van der Waals surface area contributed by atoms with Crippen LogP contribution >= 0.6 is 0 Å². The van der Waals surface area contributed by atoms with Gasteiger partial charge in [-0.05, 0) is 20.8 Å². The van der Waals surface area contributed by atoms with E-state index in [1.807, 2.05) is 65.2 Å². The molecule has 1 aromatic rings. The molecule has 0 spiro atoms. The molecule has 0 saturated carbocycles. The highest BCUT2D eigenvalue weighted by Gasteiger charge is 2.20. The van der Waals surface area contributed by atoms with E-state index in [1.54, 1.807) is 0 Å². The highest BCUT2D eigenvalue weighted by atomic mass is 16.6. The maximum Gasteiger partial charge on any atom is 0.351 e. The number of amides is 1. The van der Waals surface area contributed by atoms with Gasteiger partial charge in [-0.2, -0.15) is 0 Å². The van der Waals surface area contributed by atoms with Crippen LogP contribution in [0, 0.1) is 0 Å². The summed E-state index contributed by atoms with van der Waals surface area (Å²) in [5.41, 5.74) is 0.733. The molecular formula is C18H27N3O6. The van der Waals surface area contributed by atoms with Crippen molar-refractivity contribution >= 4 is 23.6 Å². The first-order valence-electron chi connectivity index (χ1n) is 8.25. The van der Waals surface area contributed by atoms with E-state index in [-0.39, 0.29) is 11.4 Å². The van der Waals surface area contributed by atoms with E-state index in [1.165, 1.54) is 4.90 Å². The second-order valence-corrected chi connectivity index (χ2v) is 6.89. The minimum Gasteiger partial charge on any atom is -0.539 e. The van der Waals surface area contributed by atoms with Crippen molar-refractivity contribution in [1.29, 1.82) is 0 Å². The summed E-state index contributed by atoms with van der Waals surface area (Å²) in [6, 6.07) is 9.35. The molecule has 0 unspecified atom stereocenters. The van der Waals surface area contributed by atoms with Crippen molar-refractivity contribution in [2.24, 2.45) is 5.16 Å². The molecule has 0 bridgehead atoms. The first-order chi connectivity index (χ1) is 12.4. The number of quaternary nitrogens is 1. The molecular weight excluding hydrogens is 354 g/mol. The lowest BCUT2D eigenvalue weighted by molar-refractivity contribution is -0.858. The summed E-state index contributed by atoms with van der Waals surface area (Å²) >= 11 is 0. The smallest absolute Gasteiger partial charge is 0.351 e. The van der Waals surface area contributed by atoms with Crippen molar-refractivity contribution < 1.29 is 34.3 Å². The van der Waals surface area contributed by atoms with E-state index >= 15 is 0 Å². The number of hydrogen-bond acceptors (Lipinski definition) is 6. The van der Waals surface area contributed by atoms with Crippen LogP contribution in [-0.2, 0) is 19.2 Å². The molecule has 1 rings (SSSR count). The highest BCUT2D eigenvalue weighted by molar-refractivity contribution is 6.45. The van der Waals surface area contributed by atoms with Gasteiger partial charge in [0.2, 0.25) is 0 Å². The lowest BCUT2D eigenvalue weighted by atomic mass is 10.1. The number of aliphatic carboxylic acids is 2. The van der Waals surface area contributed by atoms with Gasteiger partial charge in [-0.25, -0.2) is 4.79 Å². The molecule has 1 aromatic carbocycles. The van der Waals surface area contributed by atoms with E-state index in [9.17, 15) is 4.79 Å². The first kappa shape index (κ1) is 24.1. The van der Waals surface area contributed by atoms with Crippen LogP contribution in [0.4, 0.5) is 0 Å². The second kappa shape index (κ2) is 11.6. The van der Waals surface area contributed by atoms with Gasteiger partial charge in [-0.3, -0.25) is 4.79 Å². The van der Waals surface area contributed by atoms with E-state index in [2.05, 4.69) is 10.5 Å². The molecule has 0 heterocycles. The lowest BCUT2D eigenvalue weighted by Gasteiger charge is -2.21. The van der Waals surface area contributed by atoms with Crippen LogP contribution in [0.5, 0.6) is 0 Å². The number of carbonyl (C=O) groups is 3. The fraction of sp³-hybridized carbons (Fsp3) is 0.444. The number of carboxylic acids is 2. The van der Waals surface area contributed by atoms with E-state index in [4.69, 9.17) is 24.6 Å². The largest absolute Gasteiger partial charge is 0.539 e. The maximum atomic E-state index is 12.4. The van der Waals surface area contributed by atoms with Crippen LogP contribution in [0.3, 0.4) is 0 Å². The van der Waals surface area contributed by atoms with Crippen molar-refractivity contribution in [2.45, 2.75) is 26.3 Å². The summed E-state index contributed by atoms with van der Waals surface area (Å²) in [4.78, 5) is 37.0. The fourth-order valence-electron chi connectivity index (χ4n) is 1.58. The molecule has 9 nitrogen and oxygen atoms in total. The van der Waals surface area contributed by atoms with Crippen molar-refractivity contribution in [1.82, 2.24) is 5.32 Å². The predicted octanol–water partition coefficient (Wildman–Crippen LogP) is -1.71. The SMILES string of the molecule is C[NH+](C)CCO/N=C(/C(=O)NC(C)(C)C)c1ccccc1.O=C([O-])C(=O)O. The average Bonchev–Trinajstić information content (AvgIpc) is 2.54. The third kappa shape index (κ3) is 12.1. The maximum absolute atomic E-state index is 12.4. The summed E-state index contributed by atoms with van der Waals surface area (Å²) < 4.78 is 0. The quantitative estimate of drug-likeness (QED) is 0.233. The molecule has 1 amide bonds. The Hall–Kier alpha value is -2.94. The van der Waals surface area contributed by atoms with Crippen LogP contribution in [0.15, 0.2) is 35.5 Å². The number of carbonyl (C=O) groups excluding carboxylic acids is 2. The molecule has 0 aliphatic carbocycles. The van der Waals surface area contributed by atoms with Crippen LogP contribution < -0.4 is 15.3 Å². The molecule has 0 radical (unpaired) electrons. The molecule has 0 saturated heterocycles. The summed E-state index contributed by atoms with van der Waals surface area (Å²) in [6.07, 6.45) is 0. The lowest BCUT2D eigenvalue weighted by Crippen LogP contribution is -3.06. The van der Waals surface area contributed by atoms with E-state index in [0.29, 0.717) is 12.3 Å². The second-order valence-electron chi connectivity index (χ2n) is 6.89. The van der Waals surface area contributed by atoms with Gasteiger partial charge in [-0.1, -0.05) is 35.5 Å². The Morgan fingerprint density at radius 1 is 1.19 bits per heavy atom. The van der Waals surface area contributed by atoms with Crippen molar-refractivity contribution in [3.05, 3.63) is 35.9 Å². The Morgan fingerprint density at radius 2 is 1.70 bits per heavy atom. The van der Waals surface area contributed by atoms with Crippen LogP contribution in [0.25, 0.3) is 0 Å². The van der Waals surface area contributed by atoms with Crippen LogP contribution in [0.2, 0.25) is 0 Å². The average molecular weight is 381 g/mol. The van der Waals surface area contributed by atoms with E-state index < -0.39 is 11.9 Å². The molecule has 3 N–H and O–H groups in total. The zero-order chi connectivity index (χ0) is 21.0. The number of nitrogens with zero attached hydrogens (tertiary/aromatic N) is 1. The minimum atomic E-state index is -2.07. The zero-order valence-corrected chi connectivity index (χ0v) is 16.2. The number of oxime groups is 1. The minimum absolute atomic E-state index is 0.231. The van der Waals surface area contributed by atoms with Gasteiger partial charge in [-0.15, -0.1) is 0 Å².